The maximum atomic E-state index is 12.2. The molecule has 0 amide bonds. The number of aliphatic hydroxyl groups is 2. The van der Waals surface area contributed by atoms with Crippen LogP contribution in [0.15, 0.2) is 12.7 Å². The van der Waals surface area contributed by atoms with Crippen LogP contribution in [0.5, 0.6) is 0 Å². The van der Waals surface area contributed by atoms with E-state index in [1.54, 1.807) is 11.6 Å². The lowest BCUT2D eigenvalue weighted by Crippen LogP contribution is -2.49. The largest absolute Gasteiger partial charge is 0.490 e. The molecule has 0 spiro atoms. The summed E-state index contributed by atoms with van der Waals surface area (Å²) in [6.07, 6.45) is 0.715. The van der Waals surface area contributed by atoms with Gasteiger partial charge < -0.3 is 39.7 Å². The zero-order valence-corrected chi connectivity index (χ0v) is 20.0. The molecule has 4 rings (SSSR count). The van der Waals surface area contributed by atoms with E-state index < -0.39 is 59.7 Å². The van der Waals surface area contributed by atoms with Crippen molar-refractivity contribution in [3.63, 3.8) is 0 Å². The fourth-order valence-corrected chi connectivity index (χ4v) is 7.80. The third-order valence-electron chi connectivity index (χ3n) is 6.16. The fraction of sp³-hybridized carbons (Fsp3) is 0.643. The Morgan fingerprint density at radius 1 is 1.12 bits per heavy atom. The number of aromatic nitrogens is 4. The molecule has 2 saturated carbocycles. The summed E-state index contributed by atoms with van der Waals surface area (Å²) in [6.45, 7) is -0.681. The van der Waals surface area contributed by atoms with Gasteiger partial charge in [-0.1, -0.05) is 0 Å². The molecule has 0 radical (unpaired) electrons. The average molecular weight is 545 g/mol. The van der Waals surface area contributed by atoms with E-state index in [1.807, 2.05) is 0 Å². The van der Waals surface area contributed by atoms with Gasteiger partial charge in [-0.15, -0.1) is 0 Å². The van der Waals surface area contributed by atoms with Gasteiger partial charge in [0, 0.05) is 12.5 Å². The Labute approximate surface area is 191 Å². The van der Waals surface area contributed by atoms with Crippen LogP contribution >= 0.6 is 23.5 Å². The van der Waals surface area contributed by atoms with Crippen molar-refractivity contribution >= 4 is 40.4 Å². The van der Waals surface area contributed by atoms with Crippen molar-refractivity contribution in [1.82, 2.24) is 19.5 Å². The second-order valence-corrected chi connectivity index (χ2v) is 12.4. The Hall–Kier alpha value is -1.32. The van der Waals surface area contributed by atoms with Gasteiger partial charge in [0.05, 0.1) is 25.1 Å². The molecule has 7 N–H and O–H groups in total. The molecule has 0 aliphatic heterocycles. The van der Waals surface area contributed by atoms with Crippen molar-refractivity contribution in [2.24, 2.45) is 11.3 Å². The van der Waals surface area contributed by atoms with E-state index in [4.69, 9.17) is 14.3 Å². The lowest BCUT2D eigenvalue weighted by Gasteiger charge is -2.47. The average Bonchev–Trinajstić information content (AvgIpc) is 3.16. The van der Waals surface area contributed by atoms with Crippen LogP contribution in [0.1, 0.15) is 18.9 Å². The number of aliphatic hydroxyl groups excluding tert-OH is 2. The number of imidazole rings is 1. The number of fused-ring (bicyclic) bond motifs is 2. The topological polar surface area (TPSA) is 256 Å². The Bertz CT molecular complexity index is 1240. The van der Waals surface area contributed by atoms with Gasteiger partial charge in [-0.25, -0.2) is 28.6 Å². The van der Waals surface area contributed by atoms with E-state index in [0.29, 0.717) is 23.4 Å². The molecule has 2 aliphatic rings. The molecule has 0 bridgehead atoms. The highest BCUT2D eigenvalue weighted by Crippen LogP contribution is 2.68. The summed E-state index contributed by atoms with van der Waals surface area (Å²) in [5.74, 6) is -0.0282. The molecule has 0 aromatic carbocycles. The minimum Gasteiger partial charge on any atom is -0.390 e. The molecule has 2 heterocycles. The van der Waals surface area contributed by atoms with Crippen molar-refractivity contribution < 1.29 is 56.6 Å². The zero-order chi connectivity index (χ0) is 25.1. The molecule has 2 aromatic heterocycles. The van der Waals surface area contributed by atoms with E-state index in [9.17, 15) is 33.7 Å². The highest BCUT2D eigenvalue weighted by molar-refractivity contribution is 7.66. The van der Waals surface area contributed by atoms with Crippen LogP contribution in [0.2, 0.25) is 0 Å². The second kappa shape index (κ2) is 8.66. The molecule has 7 atom stereocenters. The summed E-state index contributed by atoms with van der Waals surface area (Å²) in [4.78, 5) is 48.9. The summed E-state index contributed by atoms with van der Waals surface area (Å²) in [5.41, 5.74) is -0.423. The normalized spacial score (nSPS) is 32.6. The van der Waals surface area contributed by atoms with Crippen LogP contribution in [-0.2, 0) is 26.8 Å². The van der Waals surface area contributed by atoms with Crippen molar-refractivity contribution in [3.8, 4) is 0 Å². The molecular weight excluding hydrogens is 523 g/mol. The summed E-state index contributed by atoms with van der Waals surface area (Å²) >= 11 is 0. The molecule has 2 fully saturated rings. The maximum absolute atomic E-state index is 12.2. The first kappa shape index (κ1) is 25.8. The van der Waals surface area contributed by atoms with E-state index in [-0.39, 0.29) is 6.42 Å². The van der Waals surface area contributed by atoms with E-state index >= 15 is 0 Å². The number of phosphoric ester groups is 1. The zero-order valence-electron chi connectivity index (χ0n) is 17.3. The van der Waals surface area contributed by atoms with Gasteiger partial charge in [0.1, 0.15) is 17.9 Å². The minimum atomic E-state index is -5.68. The Morgan fingerprint density at radius 3 is 2.41 bits per heavy atom. The van der Waals surface area contributed by atoms with Gasteiger partial charge in [0.15, 0.2) is 11.5 Å². The number of anilines is 1. The van der Waals surface area contributed by atoms with E-state index in [0.717, 1.165) is 0 Å². The smallest absolute Gasteiger partial charge is 0.390 e. The summed E-state index contributed by atoms with van der Waals surface area (Å²) in [7, 11) is -14.9. The standard InChI is InChI=1S/C14H22N5O12P3/c1-15-12-8-13(17-5-16-12)19(6-18-8)9-7-2-3-14(7,11(21)10(9)20)4-29-33(25,26)31-34(27,28)30-32(22,23)24/h5-7,9-11,20-21H,2-4H2,1H3,(H,25,26)(H,27,28)(H,15,16,17)(H2,22,23,24)/t7-,9-,10+,11+,14+/m1/s1. The second-order valence-electron chi connectivity index (χ2n) is 7.97. The first-order valence-electron chi connectivity index (χ1n) is 9.69. The number of nitrogens with zero attached hydrogens (tertiary/aromatic N) is 4. The van der Waals surface area contributed by atoms with Crippen LogP contribution in [0.3, 0.4) is 0 Å². The maximum Gasteiger partial charge on any atom is 0.490 e. The van der Waals surface area contributed by atoms with Gasteiger partial charge in [0.25, 0.3) is 0 Å². The van der Waals surface area contributed by atoms with Crippen LogP contribution in [0.4, 0.5) is 5.82 Å². The minimum absolute atomic E-state index is 0.269. The lowest BCUT2D eigenvalue weighted by molar-refractivity contribution is -0.0967. The molecule has 20 heteroatoms. The molecule has 2 unspecified atom stereocenters. The molecule has 2 aromatic rings. The molecule has 190 valence electrons. The SMILES string of the molecule is CNc1ncnc2c1ncn2[C@H]1[C@H](O)[C@H](O)[C@]2(COP(=O)(O)OP(=O)(O)OP(=O)(O)O)CC[C@H]12. The first-order chi connectivity index (χ1) is 15.7. The number of hydrogen-bond donors (Lipinski definition) is 7. The van der Waals surface area contributed by atoms with Crippen molar-refractivity contribution in [2.75, 3.05) is 19.0 Å². The van der Waals surface area contributed by atoms with Gasteiger partial charge in [-0.05, 0) is 18.8 Å². The fourth-order valence-electron chi connectivity index (χ4n) is 4.71. The van der Waals surface area contributed by atoms with Gasteiger partial charge in [-0.2, -0.15) is 8.62 Å². The number of hydrogen-bond acceptors (Lipinski definition) is 12. The summed E-state index contributed by atoms with van der Waals surface area (Å²) in [6, 6.07) is -0.738. The Morgan fingerprint density at radius 2 is 1.82 bits per heavy atom. The van der Waals surface area contributed by atoms with Crippen LogP contribution < -0.4 is 5.32 Å². The monoisotopic (exact) mass is 545 g/mol. The third-order valence-corrected chi connectivity index (χ3v) is 9.95. The molecule has 34 heavy (non-hydrogen) atoms. The van der Waals surface area contributed by atoms with Crippen LogP contribution in [-0.4, -0.2) is 75.2 Å². The van der Waals surface area contributed by atoms with Gasteiger partial charge in [0.2, 0.25) is 0 Å². The van der Waals surface area contributed by atoms with Gasteiger partial charge >= 0.3 is 23.5 Å². The predicted octanol–water partition coefficient (Wildman–Crippen LogP) is -0.116. The number of rotatable bonds is 9. The number of phosphoric acid groups is 3. The molecule has 2 aliphatic carbocycles. The van der Waals surface area contributed by atoms with Gasteiger partial charge in [-0.3, -0.25) is 4.52 Å². The lowest BCUT2D eigenvalue weighted by atomic mass is 9.60. The summed E-state index contributed by atoms with van der Waals surface area (Å²) in [5, 5.41) is 24.5. The highest BCUT2D eigenvalue weighted by atomic mass is 31.3. The van der Waals surface area contributed by atoms with E-state index in [1.165, 1.54) is 12.7 Å². The van der Waals surface area contributed by atoms with Crippen LogP contribution in [0, 0.1) is 11.3 Å². The quantitative estimate of drug-likeness (QED) is 0.203. The molecular formula is C14H22N5O12P3. The van der Waals surface area contributed by atoms with Crippen LogP contribution in [0.25, 0.3) is 11.2 Å². The third kappa shape index (κ3) is 4.60. The predicted molar refractivity (Wildman–Crippen MR) is 111 cm³/mol. The summed E-state index contributed by atoms with van der Waals surface area (Å²) < 4.78 is 48.2. The molecule has 0 saturated heterocycles. The number of nitrogens with one attached hydrogen (secondary N) is 1. The highest BCUT2D eigenvalue weighted by Gasteiger charge is 2.66. The van der Waals surface area contributed by atoms with Crippen molar-refractivity contribution in [1.29, 1.82) is 0 Å². The Balaban J connectivity index is 1.55. The van der Waals surface area contributed by atoms with Crippen molar-refractivity contribution in [3.05, 3.63) is 12.7 Å². The Kier molecular flexibility index (Phi) is 6.56. The van der Waals surface area contributed by atoms with Crippen molar-refractivity contribution in [2.45, 2.75) is 31.1 Å². The first-order valence-corrected chi connectivity index (χ1v) is 14.2. The molecule has 17 nitrogen and oxygen atoms in total. The van der Waals surface area contributed by atoms with E-state index in [2.05, 4.69) is 28.9 Å².